The van der Waals surface area contributed by atoms with Gasteiger partial charge in [-0.15, -0.1) is 0 Å². The Balaban J connectivity index is 1.49. The molecule has 33 heavy (non-hydrogen) atoms. The Bertz CT molecular complexity index is 1200. The predicted octanol–water partition coefficient (Wildman–Crippen LogP) is 5.20. The lowest BCUT2D eigenvalue weighted by Gasteiger charge is -2.17. The molecule has 2 amide bonds. The summed E-state index contributed by atoms with van der Waals surface area (Å²) in [7, 11) is 3.14. The predicted molar refractivity (Wildman–Crippen MR) is 132 cm³/mol. The number of hydrogen-bond acceptors (Lipinski definition) is 6. The lowest BCUT2D eigenvalue weighted by Crippen LogP contribution is -2.43. The van der Waals surface area contributed by atoms with Gasteiger partial charge in [0.1, 0.15) is 11.5 Å². The van der Waals surface area contributed by atoms with Crippen LogP contribution in [0.15, 0.2) is 42.6 Å². The average Bonchev–Trinajstić information content (AvgIpc) is 3.35. The molecule has 3 aromatic rings. The normalized spacial score (nSPS) is 13.0. The molecule has 172 valence electrons. The summed E-state index contributed by atoms with van der Waals surface area (Å²) in [5.74, 6) is 2.17. The monoisotopic (exact) mass is 486 g/mol. The van der Waals surface area contributed by atoms with Crippen LogP contribution in [0.4, 0.5) is 10.5 Å². The number of pyridine rings is 1. The number of hydrogen-bond donors (Lipinski definition) is 2. The van der Waals surface area contributed by atoms with Gasteiger partial charge >= 0.3 is 6.03 Å². The summed E-state index contributed by atoms with van der Waals surface area (Å²) in [4.78, 5) is 18.3. The smallest absolute Gasteiger partial charge is 0.323 e. The number of nitrogens with one attached hydrogen (secondary N) is 2. The quantitative estimate of drug-likeness (QED) is 0.479. The van der Waals surface area contributed by atoms with Crippen LogP contribution < -0.4 is 24.8 Å². The summed E-state index contributed by atoms with van der Waals surface area (Å²) in [6.45, 7) is 1.49. The molecule has 0 unspecified atom stereocenters. The topological polar surface area (TPSA) is 85.0 Å². The highest BCUT2D eigenvalue weighted by Gasteiger charge is 2.19. The van der Waals surface area contributed by atoms with Crippen LogP contribution in [0, 0.1) is 0 Å². The molecule has 1 saturated heterocycles. The molecule has 0 spiro atoms. The van der Waals surface area contributed by atoms with Crippen molar-refractivity contribution < 1.29 is 19.0 Å². The molecule has 4 rings (SSSR count). The zero-order valence-corrected chi connectivity index (χ0v) is 19.8. The Labute approximate surface area is 201 Å². The van der Waals surface area contributed by atoms with Crippen LogP contribution >= 0.6 is 23.8 Å². The molecule has 1 aliphatic heterocycles. The number of carbonyl (C=O) groups is 1. The van der Waals surface area contributed by atoms with E-state index in [1.54, 1.807) is 55.6 Å². The molecular formula is C23H23ClN4O4S. The number of aromatic nitrogens is 1. The zero-order chi connectivity index (χ0) is 23.4. The van der Waals surface area contributed by atoms with E-state index in [1.165, 1.54) is 0 Å². The number of nitrogens with zero attached hydrogens (tertiary/aromatic N) is 2. The Hall–Kier alpha value is -3.30. The second-order valence-electron chi connectivity index (χ2n) is 7.36. The summed E-state index contributed by atoms with van der Waals surface area (Å²) >= 11 is 11.7. The van der Waals surface area contributed by atoms with Crippen molar-refractivity contribution in [2.24, 2.45) is 0 Å². The number of urea groups is 1. The summed E-state index contributed by atoms with van der Waals surface area (Å²) in [5, 5.41) is 7.00. The molecule has 1 fully saturated rings. The molecular weight excluding hydrogens is 464 g/mol. The molecule has 0 saturated carbocycles. The van der Waals surface area contributed by atoms with Crippen molar-refractivity contribution in [3.8, 4) is 23.0 Å². The number of anilines is 1. The Kier molecular flexibility index (Phi) is 7.00. The van der Waals surface area contributed by atoms with Gasteiger partial charge in [0, 0.05) is 36.4 Å². The van der Waals surface area contributed by atoms with E-state index in [2.05, 4.69) is 15.6 Å². The van der Waals surface area contributed by atoms with Gasteiger partial charge in [0.2, 0.25) is 0 Å². The highest BCUT2D eigenvalue weighted by atomic mass is 35.5. The first kappa shape index (κ1) is 22.9. The van der Waals surface area contributed by atoms with E-state index < -0.39 is 0 Å². The SMILES string of the molecule is COc1cc2nccc(Oc3ccc(NC(=S)NC(=O)N4CCCC4)cc3Cl)c2cc1OC. The number of carbonyl (C=O) groups excluding carboxylic acids is 1. The molecule has 1 aromatic heterocycles. The van der Waals surface area contributed by atoms with Crippen LogP contribution in [-0.4, -0.2) is 48.3 Å². The molecule has 0 radical (unpaired) electrons. The average molecular weight is 487 g/mol. The summed E-state index contributed by atoms with van der Waals surface area (Å²) in [6.07, 6.45) is 3.67. The molecule has 2 N–H and O–H groups in total. The van der Waals surface area contributed by atoms with Crippen LogP contribution in [0.25, 0.3) is 10.9 Å². The lowest BCUT2D eigenvalue weighted by molar-refractivity contribution is 0.214. The number of thiocarbonyl (C=S) groups is 1. The minimum atomic E-state index is -0.201. The molecule has 0 aliphatic carbocycles. The molecule has 0 atom stereocenters. The first-order valence-electron chi connectivity index (χ1n) is 10.3. The van der Waals surface area contributed by atoms with Crippen molar-refractivity contribution in [3.05, 3.63) is 47.6 Å². The molecule has 8 nitrogen and oxygen atoms in total. The number of likely N-dealkylation sites (tertiary alicyclic amines) is 1. The van der Waals surface area contributed by atoms with Crippen LogP contribution in [0.1, 0.15) is 12.8 Å². The van der Waals surface area contributed by atoms with Crippen LogP contribution in [0.3, 0.4) is 0 Å². The van der Waals surface area contributed by atoms with Gasteiger partial charge in [0.25, 0.3) is 0 Å². The van der Waals surface area contributed by atoms with Crippen molar-refractivity contribution in [1.29, 1.82) is 0 Å². The van der Waals surface area contributed by atoms with Crippen LogP contribution in [0.5, 0.6) is 23.0 Å². The Morgan fingerprint density at radius 3 is 2.45 bits per heavy atom. The summed E-state index contributed by atoms with van der Waals surface area (Å²) < 4.78 is 16.8. The number of amides is 2. The molecule has 2 aromatic carbocycles. The highest BCUT2D eigenvalue weighted by molar-refractivity contribution is 7.80. The van der Waals surface area contributed by atoms with Gasteiger partial charge in [-0.25, -0.2) is 4.79 Å². The van der Waals surface area contributed by atoms with Gasteiger partial charge in [-0.05, 0) is 55.4 Å². The lowest BCUT2D eigenvalue weighted by atomic mass is 10.2. The fourth-order valence-electron chi connectivity index (χ4n) is 3.58. The van der Waals surface area contributed by atoms with Gasteiger partial charge in [-0.1, -0.05) is 11.6 Å². The number of fused-ring (bicyclic) bond motifs is 1. The summed E-state index contributed by atoms with van der Waals surface area (Å²) in [5.41, 5.74) is 1.32. The maximum absolute atomic E-state index is 12.2. The van der Waals surface area contributed by atoms with Gasteiger partial charge in [-0.2, -0.15) is 0 Å². The van der Waals surface area contributed by atoms with Crippen molar-refractivity contribution in [1.82, 2.24) is 15.2 Å². The van der Waals surface area contributed by atoms with Gasteiger partial charge in [0.15, 0.2) is 16.6 Å². The van der Waals surface area contributed by atoms with E-state index in [0.29, 0.717) is 39.2 Å². The molecule has 10 heteroatoms. The molecule has 1 aliphatic rings. The minimum Gasteiger partial charge on any atom is -0.493 e. The number of methoxy groups -OCH3 is 2. The van der Waals surface area contributed by atoms with Gasteiger partial charge in [0.05, 0.1) is 24.8 Å². The third kappa shape index (κ3) is 5.20. The third-order valence-corrected chi connectivity index (χ3v) is 5.73. The van der Waals surface area contributed by atoms with Crippen LogP contribution in [-0.2, 0) is 0 Å². The van der Waals surface area contributed by atoms with E-state index in [1.807, 2.05) is 6.07 Å². The zero-order valence-electron chi connectivity index (χ0n) is 18.2. The summed E-state index contributed by atoms with van der Waals surface area (Å²) in [6, 6.07) is 10.3. The highest BCUT2D eigenvalue weighted by Crippen LogP contribution is 2.38. The van der Waals surface area contributed by atoms with Crippen molar-refractivity contribution in [2.45, 2.75) is 12.8 Å². The van der Waals surface area contributed by atoms with E-state index in [9.17, 15) is 4.79 Å². The maximum Gasteiger partial charge on any atom is 0.323 e. The van der Waals surface area contributed by atoms with E-state index in [-0.39, 0.29) is 11.1 Å². The third-order valence-electron chi connectivity index (χ3n) is 5.23. The Morgan fingerprint density at radius 2 is 1.76 bits per heavy atom. The second-order valence-corrected chi connectivity index (χ2v) is 8.17. The minimum absolute atomic E-state index is 0.201. The first-order valence-corrected chi connectivity index (χ1v) is 11.1. The van der Waals surface area contributed by atoms with E-state index in [4.69, 9.17) is 38.0 Å². The molecule has 0 bridgehead atoms. The number of benzene rings is 2. The Morgan fingerprint density at radius 1 is 1.03 bits per heavy atom. The van der Waals surface area contributed by atoms with Crippen molar-refractivity contribution >= 4 is 51.6 Å². The van der Waals surface area contributed by atoms with Gasteiger partial charge in [-0.3, -0.25) is 10.3 Å². The van der Waals surface area contributed by atoms with Crippen molar-refractivity contribution in [2.75, 3.05) is 32.6 Å². The number of halogens is 1. The molecule has 2 heterocycles. The van der Waals surface area contributed by atoms with Crippen molar-refractivity contribution in [3.63, 3.8) is 0 Å². The van der Waals surface area contributed by atoms with Crippen LogP contribution in [0.2, 0.25) is 5.02 Å². The largest absolute Gasteiger partial charge is 0.493 e. The first-order chi connectivity index (χ1) is 16.0. The van der Waals surface area contributed by atoms with E-state index in [0.717, 1.165) is 31.3 Å². The second kappa shape index (κ2) is 10.1. The maximum atomic E-state index is 12.2. The standard InChI is InChI=1S/C23H23ClN4O4S/c1-30-20-12-15-17(13-21(20)31-2)25-8-7-18(15)32-19-6-5-14(11-16(19)24)26-22(33)27-23(29)28-9-3-4-10-28/h5-8,11-13H,3-4,9-10H2,1-2H3,(H2,26,27,29,33). The van der Waals surface area contributed by atoms with E-state index >= 15 is 0 Å². The fourth-order valence-corrected chi connectivity index (χ4v) is 4.00. The van der Waals surface area contributed by atoms with Gasteiger partial charge < -0.3 is 24.4 Å². The number of rotatable bonds is 5. The number of ether oxygens (including phenoxy) is 3. The fraction of sp³-hybridized carbons (Fsp3) is 0.261.